The largest absolute Gasteiger partial charge is 0.490 e. The van der Waals surface area contributed by atoms with Gasteiger partial charge < -0.3 is 14.6 Å². The average molecular weight is 214 g/mol. The molecule has 0 fully saturated rings. The van der Waals surface area contributed by atoms with E-state index in [4.69, 9.17) is 9.47 Å². The molecule has 1 atom stereocenters. The van der Waals surface area contributed by atoms with Gasteiger partial charge in [0.2, 0.25) is 0 Å². The van der Waals surface area contributed by atoms with E-state index in [9.17, 15) is 9.50 Å². The van der Waals surface area contributed by atoms with Crippen LogP contribution in [0.2, 0.25) is 0 Å². The molecule has 84 valence electrons. The van der Waals surface area contributed by atoms with Gasteiger partial charge in [-0.05, 0) is 18.6 Å². The van der Waals surface area contributed by atoms with Crippen LogP contribution in [0.15, 0.2) is 18.2 Å². The highest BCUT2D eigenvalue weighted by Gasteiger charge is 2.06. The molecule has 0 bridgehead atoms. The van der Waals surface area contributed by atoms with E-state index in [0.717, 1.165) is 5.56 Å². The maximum Gasteiger partial charge on any atom is 0.126 e. The molecule has 15 heavy (non-hydrogen) atoms. The van der Waals surface area contributed by atoms with Crippen molar-refractivity contribution in [1.29, 1.82) is 0 Å². The van der Waals surface area contributed by atoms with Crippen LogP contribution in [-0.4, -0.2) is 31.5 Å². The predicted molar refractivity (Wildman–Crippen MR) is 54.5 cm³/mol. The number of ether oxygens (including phenoxy) is 2. The lowest BCUT2D eigenvalue weighted by atomic mass is 10.2. The molecule has 0 aliphatic rings. The molecule has 0 spiro atoms. The molecule has 0 unspecified atom stereocenters. The zero-order valence-corrected chi connectivity index (χ0v) is 8.87. The Hall–Kier alpha value is -1.13. The molecule has 0 amide bonds. The molecule has 4 heteroatoms. The highest BCUT2D eigenvalue weighted by Crippen LogP contribution is 2.18. The third-order valence-electron chi connectivity index (χ3n) is 1.94. The number of hydrogen-bond acceptors (Lipinski definition) is 3. The Balaban J connectivity index is 2.53. The number of hydrogen-bond donors (Lipinski definition) is 1. The minimum absolute atomic E-state index is 0.0954. The summed E-state index contributed by atoms with van der Waals surface area (Å²) in [5.74, 6) is 0.0991. The first kappa shape index (κ1) is 11.9. The average Bonchev–Trinajstić information content (AvgIpc) is 2.20. The van der Waals surface area contributed by atoms with E-state index in [1.165, 1.54) is 19.2 Å². The lowest BCUT2D eigenvalue weighted by Gasteiger charge is -2.12. The first-order valence-corrected chi connectivity index (χ1v) is 4.69. The van der Waals surface area contributed by atoms with Crippen LogP contribution in [0.4, 0.5) is 4.39 Å². The first-order valence-electron chi connectivity index (χ1n) is 4.69. The number of aryl methyl sites for hydroxylation is 1. The van der Waals surface area contributed by atoms with E-state index in [2.05, 4.69) is 0 Å². The molecular formula is C11H15FO3. The van der Waals surface area contributed by atoms with E-state index < -0.39 is 6.10 Å². The number of halogens is 1. The van der Waals surface area contributed by atoms with Crippen molar-refractivity contribution < 1.29 is 19.0 Å². The van der Waals surface area contributed by atoms with Gasteiger partial charge in [-0.2, -0.15) is 0 Å². The molecule has 0 saturated carbocycles. The summed E-state index contributed by atoms with van der Waals surface area (Å²) in [5.41, 5.74) is 0.834. The van der Waals surface area contributed by atoms with Crippen LogP contribution >= 0.6 is 0 Å². The fourth-order valence-electron chi connectivity index (χ4n) is 1.16. The van der Waals surface area contributed by atoms with Crippen molar-refractivity contribution in [2.24, 2.45) is 0 Å². The Morgan fingerprint density at radius 2 is 2.13 bits per heavy atom. The van der Waals surface area contributed by atoms with Crippen molar-refractivity contribution >= 4 is 0 Å². The summed E-state index contributed by atoms with van der Waals surface area (Å²) in [7, 11) is 1.50. The van der Waals surface area contributed by atoms with E-state index >= 15 is 0 Å². The van der Waals surface area contributed by atoms with Gasteiger partial charge in [-0.3, -0.25) is 0 Å². The summed E-state index contributed by atoms with van der Waals surface area (Å²) in [6.07, 6.45) is -0.697. The van der Waals surface area contributed by atoms with E-state index in [-0.39, 0.29) is 19.0 Å². The monoisotopic (exact) mass is 214 g/mol. The Morgan fingerprint density at radius 1 is 1.40 bits per heavy atom. The normalized spacial score (nSPS) is 12.5. The Bertz CT molecular complexity index is 315. The number of benzene rings is 1. The van der Waals surface area contributed by atoms with Crippen LogP contribution in [0.5, 0.6) is 5.75 Å². The second-order valence-electron chi connectivity index (χ2n) is 3.33. The molecule has 3 nitrogen and oxygen atoms in total. The van der Waals surface area contributed by atoms with Crippen molar-refractivity contribution in [3.05, 3.63) is 29.6 Å². The van der Waals surface area contributed by atoms with Crippen LogP contribution in [0.25, 0.3) is 0 Å². The highest BCUT2D eigenvalue weighted by molar-refractivity contribution is 5.32. The molecule has 1 aromatic carbocycles. The first-order chi connectivity index (χ1) is 7.13. The van der Waals surface area contributed by atoms with Gasteiger partial charge in [0.05, 0.1) is 6.61 Å². The molecule has 0 radical (unpaired) electrons. The third kappa shape index (κ3) is 3.85. The molecular weight excluding hydrogens is 199 g/mol. The number of aliphatic hydroxyl groups excluding tert-OH is 1. The smallest absolute Gasteiger partial charge is 0.126 e. The summed E-state index contributed by atoms with van der Waals surface area (Å²) < 4.78 is 22.9. The standard InChI is InChI=1S/C11H15FO3/c1-8-3-4-9(12)5-11(8)15-7-10(13)6-14-2/h3-5,10,13H,6-7H2,1-2H3/t10-/m0/s1. The van der Waals surface area contributed by atoms with Gasteiger partial charge in [0.25, 0.3) is 0 Å². The maximum absolute atomic E-state index is 12.9. The predicted octanol–water partition coefficient (Wildman–Crippen LogP) is 1.52. The highest BCUT2D eigenvalue weighted by atomic mass is 19.1. The van der Waals surface area contributed by atoms with Gasteiger partial charge in [0, 0.05) is 13.2 Å². The van der Waals surface area contributed by atoms with Crippen molar-refractivity contribution in [1.82, 2.24) is 0 Å². The molecule has 0 saturated heterocycles. The summed E-state index contributed by atoms with van der Waals surface area (Å²) in [6, 6.07) is 4.30. The summed E-state index contributed by atoms with van der Waals surface area (Å²) >= 11 is 0. The molecule has 0 aliphatic heterocycles. The second kappa shape index (κ2) is 5.68. The fourth-order valence-corrected chi connectivity index (χ4v) is 1.16. The summed E-state index contributed by atoms with van der Waals surface area (Å²) in [4.78, 5) is 0. The third-order valence-corrected chi connectivity index (χ3v) is 1.94. The molecule has 1 aromatic rings. The lowest BCUT2D eigenvalue weighted by Crippen LogP contribution is -2.22. The quantitative estimate of drug-likeness (QED) is 0.807. The van der Waals surface area contributed by atoms with E-state index in [1.807, 2.05) is 6.92 Å². The number of methoxy groups -OCH3 is 1. The minimum atomic E-state index is -0.697. The number of rotatable bonds is 5. The maximum atomic E-state index is 12.9. The Morgan fingerprint density at radius 3 is 2.80 bits per heavy atom. The van der Waals surface area contributed by atoms with E-state index in [1.54, 1.807) is 6.07 Å². The van der Waals surface area contributed by atoms with Gasteiger partial charge in [0.15, 0.2) is 0 Å². The Kier molecular flexibility index (Phi) is 4.52. The molecule has 0 heterocycles. The lowest BCUT2D eigenvalue weighted by molar-refractivity contribution is 0.0323. The summed E-state index contributed by atoms with van der Waals surface area (Å²) in [6.45, 7) is 2.12. The Labute approximate surface area is 88.4 Å². The van der Waals surface area contributed by atoms with Crippen molar-refractivity contribution in [3.8, 4) is 5.75 Å². The number of aliphatic hydroxyl groups is 1. The van der Waals surface area contributed by atoms with Crippen molar-refractivity contribution in [2.45, 2.75) is 13.0 Å². The topological polar surface area (TPSA) is 38.7 Å². The fraction of sp³-hybridized carbons (Fsp3) is 0.455. The van der Waals surface area contributed by atoms with Gasteiger partial charge in [-0.1, -0.05) is 6.07 Å². The van der Waals surface area contributed by atoms with Crippen molar-refractivity contribution in [3.63, 3.8) is 0 Å². The van der Waals surface area contributed by atoms with E-state index in [0.29, 0.717) is 5.75 Å². The minimum Gasteiger partial charge on any atom is -0.490 e. The zero-order chi connectivity index (χ0) is 11.3. The van der Waals surface area contributed by atoms with Gasteiger partial charge in [0.1, 0.15) is 24.3 Å². The van der Waals surface area contributed by atoms with Gasteiger partial charge in [-0.15, -0.1) is 0 Å². The molecule has 0 aromatic heterocycles. The van der Waals surface area contributed by atoms with Crippen LogP contribution in [0.3, 0.4) is 0 Å². The van der Waals surface area contributed by atoms with Crippen LogP contribution < -0.4 is 4.74 Å². The zero-order valence-electron chi connectivity index (χ0n) is 8.87. The molecule has 1 N–H and O–H groups in total. The second-order valence-corrected chi connectivity index (χ2v) is 3.33. The van der Waals surface area contributed by atoms with Crippen LogP contribution in [0, 0.1) is 12.7 Å². The summed E-state index contributed by atoms with van der Waals surface area (Å²) in [5, 5.41) is 9.33. The van der Waals surface area contributed by atoms with Crippen molar-refractivity contribution in [2.75, 3.05) is 20.3 Å². The van der Waals surface area contributed by atoms with Gasteiger partial charge in [-0.25, -0.2) is 4.39 Å². The van der Waals surface area contributed by atoms with Gasteiger partial charge >= 0.3 is 0 Å². The SMILES string of the molecule is COC[C@H](O)COc1cc(F)ccc1C. The molecule has 1 rings (SSSR count). The molecule has 0 aliphatic carbocycles. The van der Waals surface area contributed by atoms with Crippen LogP contribution in [0.1, 0.15) is 5.56 Å². The van der Waals surface area contributed by atoms with Crippen LogP contribution in [-0.2, 0) is 4.74 Å².